The second kappa shape index (κ2) is 12.1. The number of nitrogens with two attached hydrogens (primary N) is 1. The first-order valence-electron chi connectivity index (χ1n) is 11.4. The SMILES string of the molecule is CCl.CCn1c(CNC(=O)c2nc(Cl)cnc2N)[n+](CC)c2ccc(C(=O)N3CCNCC3)cc21. The summed E-state index contributed by atoms with van der Waals surface area (Å²) >= 11 is 10.5. The Hall–Kier alpha value is -2.95. The number of nitrogen functional groups attached to an aromatic ring is 1. The highest BCUT2D eigenvalue weighted by Crippen LogP contribution is 2.19. The van der Waals surface area contributed by atoms with E-state index in [4.69, 9.17) is 17.3 Å². The number of fused-ring (bicyclic) bond motifs is 1. The van der Waals surface area contributed by atoms with Crippen LogP contribution in [0.4, 0.5) is 5.82 Å². The number of aryl methyl sites for hydroxylation is 2. The van der Waals surface area contributed by atoms with Gasteiger partial charge in [-0.05, 0) is 26.0 Å². The van der Waals surface area contributed by atoms with E-state index >= 15 is 0 Å². The van der Waals surface area contributed by atoms with E-state index in [9.17, 15) is 9.59 Å². The molecule has 0 bridgehead atoms. The monoisotopic (exact) mass is 521 g/mol. The van der Waals surface area contributed by atoms with Crippen molar-refractivity contribution in [2.75, 3.05) is 38.3 Å². The molecule has 0 aliphatic carbocycles. The van der Waals surface area contributed by atoms with Crippen LogP contribution < -0.4 is 20.9 Å². The Morgan fingerprint density at radius 1 is 1.23 bits per heavy atom. The van der Waals surface area contributed by atoms with Crippen molar-refractivity contribution in [1.29, 1.82) is 0 Å². The number of rotatable bonds is 6. The first-order chi connectivity index (χ1) is 16.9. The lowest BCUT2D eigenvalue weighted by molar-refractivity contribution is -0.676. The molecule has 1 aliphatic rings. The quantitative estimate of drug-likeness (QED) is 0.336. The number of imidazole rings is 1. The van der Waals surface area contributed by atoms with E-state index in [2.05, 4.69) is 41.3 Å². The molecule has 3 aromatic rings. The number of piperazine rings is 1. The number of aromatic nitrogens is 4. The lowest BCUT2D eigenvalue weighted by atomic mass is 10.1. The number of anilines is 1. The van der Waals surface area contributed by atoms with Crippen LogP contribution in [-0.4, -0.2) is 63.8 Å². The van der Waals surface area contributed by atoms with Crippen LogP contribution in [0, 0.1) is 0 Å². The molecule has 4 rings (SSSR count). The van der Waals surface area contributed by atoms with E-state index in [1.165, 1.54) is 12.6 Å². The number of alkyl halides is 1. The molecule has 4 N–H and O–H groups in total. The molecule has 0 atom stereocenters. The largest absolute Gasteiger partial charge is 0.382 e. The van der Waals surface area contributed by atoms with Crippen molar-refractivity contribution < 1.29 is 14.2 Å². The van der Waals surface area contributed by atoms with Crippen molar-refractivity contribution in [2.45, 2.75) is 33.5 Å². The van der Waals surface area contributed by atoms with Crippen LogP contribution in [0.3, 0.4) is 0 Å². The van der Waals surface area contributed by atoms with Crippen LogP contribution in [0.5, 0.6) is 0 Å². The fraction of sp³-hybridized carbons (Fsp3) is 0.435. The van der Waals surface area contributed by atoms with Gasteiger partial charge in [-0.1, -0.05) is 11.6 Å². The van der Waals surface area contributed by atoms with Crippen molar-refractivity contribution in [1.82, 2.24) is 30.1 Å². The minimum Gasteiger partial charge on any atom is -0.382 e. The standard InChI is InChI=1S/C22H27ClN8O2.CH3Cl/c1-3-30-15-6-5-14(22(33)29-9-7-25-8-10-29)11-16(15)31(4-2)18(30)13-27-21(32)19-20(24)26-12-17(23)28-19;1-2/h5-6,11-12,25H,3-4,7-10,13H2,1-2H3,(H2-,24,26,27,32);1H3/p+1. The van der Waals surface area contributed by atoms with E-state index in [-0.39, 0.29) is 29.1 Å². The van der Waals surface area contributed by atoms with Gasteiger partial charge < -0.3 is 21.3 Å². The molecule has 1 saturated heterocycles. The molecule has 1 fully saturated rings. The van der Waals surface area contributed by atoms with Crippen molar-refractivity contribution in [3.8, 4) is 0 Å². The predicted molar refractivity (Wildman–Crippen MR) is 137 cm³/mol. The Morgan fingerprint density at radius 3 is 2.60 bits per heavy atom. The maximum Gasteiger partial charge on any atom is 0.277 e. The van der Waals surface area contributed by atoms with Crippen molar-refractivity contribution >= 4 is 51.9 Å². The average Bonchev–Trinajstić information content (AvgIpc) is 3.21. The first-order valence-corrected chi connectivity index (χ1v) is 12.6. The molecule has 35 heavy (non-hydrogen) atoms. The number of halogens is 2. The molecular formula is C23H31Cl2N8O2+. The molecule has 2 aromatic heterocycles. The van der Waals surface area contributed by atoms with Gasteiger partial charge in [0.25, 0.3) is 17.6 Å². The molecule has 0 spiro atoms. The van der Waals surface area contributed by atoms with Gasteiger partial charge in [0.2, 0.25) is 0 Å². The number of hydrogen-bond donors (Lipinski definition) is 3. The third-order valence-corrected chi connectivity index (χ3v) is 6.04. The lowest BCUT2D eigenvalue weighted by Crippen LogP contribution is -2.46. The van der Waals surface area contributed by atoms with E-state index < -0.39 is 5.91 Å². The summed E-state index contributed by atoms with van der Waals surface area (Å²) in [6.45, 7) is 8.74. The topological polar surface area (TPSA) is 122 Å². The first kappa shape index (κ1) is 26.7. The molecule has 12 heteroatoms. The molecule has 0 saturated carbocycles. The minimum absolute atomic E-state index is 0.00591. The number of carbonyl (C=O) groups excluding carboxylic acids is 2. The summed E-state index contributed by atoms with van der Waals surface area (Å²) in [5.41, 5.74) is 8.41. The second-order valence-electron chi connectivity index (χ2n) is 7.76. The van der Waals surface area contributed by atoms with Gasteiger partial charge in [-0.2, -0.15) is 0 Å². The highest BCUT2D eigenvalue weighted by atomic mass is 35.5. The average molecular weight is 522 g/mol. The van der Waals surface area contributed by atoms with E-state index in [1.54, 1.807) is 0 Å². The molecule has 2 amide bonds. The summed E-state index contributed by atoms with van der Waals surface area (Å²) in [5, 5.41) is 6.25. The van der Waals surface area contributed by atoms with Gasteiger partial charge >= 0.3 is 0 Å². The van der Waals surface area contributed by atoms with Gasteiger partial charge in [0.1, 0.15) is 11.7 Å². The maximum atomic E-state index is 13.0. The van der Waals surface area contributed by atoms with Crippen LogP contribution in [0.15, 0.2) is 24.4 Å². The third-order valence-electron chi connectivity index (χ3n) is 5.86. The summed E-state index contributed by atoms with van der Waals surface area (Å²) in [4.78, 5) is 35.5. The Balaban J connectivity index is 0.00000167. The van der Waals surface area contributed by atoms with Gasteiger partial charge in [-0.15, -0.1) is 11.6 Å². The van der Waals surface area contributed by atoms with Crippen LogP contribution in [0.1, 0.15) is 40.5 Å². The summed E-state index contributed by atoms with van der Waals surface area (Å²) in [6, 6.07) is 5.80. The lowest BCUT2D eigenvalue weighted by Gasteiger charge is -2.27. The fourth-order valence-corrected chi connectivity index (χ4v) is 4.39. The van der Waals surface area contributed by atoms with E-state index in [0.29, 0.717) is 31.7 Å². The van der Waals surface area contributed by atoms with E-state index in [0.717, 1.165) is 29.9 Å². The Morgan fingerprint density at radius 2 is 1.94 bits per heavy atom. The molecule has 188 valence electrons. The third kappa shape index (κ3) is 5.66. The number of carbonyl (C=O) groups is 2. The molecule has 3 heterocycles. The summed E-state index contributed by atoms with van der Waals surface area (Å²) in [5.74, 6) is 0.513. The van der Waals surface area contributed by atoms with Crippen molar-refractivity contribution in [3.63, 3.8) is 0 Å². The number of nitrogens with zero attached hydrogens (tertiary/aromatic N) is 5. The zero-order valence-electron chi connectivity index (χ0n) is 20.1. The minimum atomic E-state index is -0.451. The molecule has 0 radical (unpaired) electrons. The van der Waals surface area contributed by atoms with Crippen molar-refractivity contribution in [2.24, 2.45) is 0 Å². The van der Waals surface area contributed by atoms with E-state index in [1.807, 2.05) is 36.9 Å². The second-order valence-corrected chi connectivity index (χ2v) is 8.15. The Bertz CT molecular complexity index is 1210. The molecule has 1 aromatic carbocycles. The van der Waals surface area contributed by atoms with Gasteiger partial charge in [-0.3, -0.25) is 9.59 Å². The molecular weight excluding hydrogens is 491 g/mol. The molecule has 10 nitrogen and oxygen atoms in total. The number of benzene rings is 1. The predicted octanol–water partition coefficient (Wildman–Crippen LogP) is 1.82. The molecule has 1 aliphatic heterocycles. The summed E-state index contributed by atoms with van der Waals surface area (Å²) in [6.07, 6.45) is 2.77. The Kier molecular flexibility index (Phi) is 9.25. The van der Waals surface area contributed by atoms with Gasteiger partial charge in [0.05, 0.1) is 19.3 Å². The Labute approximate surface area is 214 Å². The van der Waals surface area contributed by atoms with Crippen molar-refractivity contribution in [3.05, 3.63) is 46.6 Å². The highest BCUT2D eigenvalue weighted by Gasteiger charge is 2.27. The number of hydrogen-bond acceptors (Lipinski definition) is 6. The highest BCUT2D eigenvalue weighted by molar-refractivity contribution is 6.29. The van der Waals surface area contributed by atoms with Gasteiger partial charge in [0.15, 0.2) is 22.5 Å². The van der Waals surface area contributed by atoms with Gasteiger partial charge in [-0.25, -0.2) is 19.1 Å². The normalized spacial score (nSPS) is 13.3. The van der Waals surface area contributed by atoms with Crippen LogP contribution in [0.2, 0.25) is 5.15 Å². The smallest absolute Gasteiger partial charge is 0.277 e. The van der Waals surface area contributed by atoms with Gasteiger partial charge in [0, 0.05) is 44.2 Å². The maximum absolute atomic E-state index is 13.0. The fourth-order valence-electron chi connectivity index (χ4n) is 4.26. The van der Waals surface area contributed by atoms with Crippen LogP contribution >= 0.6 is 23.2 Å². The summed E-state index contributed by atoms with van der Waals surface area (Å²) in [7, 11) is 0. The zero-order valence-corrected chi connectivity index (χ0v) is 21.7. The molecule has 0 unspecified atom stereocenters. The zero-order chi connectivity index (χ0) is 25.5. The number of amides is 2. The van der Waals surface area contributed by atoms with Crippen LogP contribution in [0.25, 0.3) is 11.0 Å². The van der Waals surface area contributed by atoms with Crippen LogP contribution in [-0.2, 0) is 19.6 Å². The summed E-state index contributed by atoms with van der Waals surface area (Å²) < 4.78 is 4.24. The number of nitrogens with one attached hydrogen (secondary N) is 2.